The van der Waals surface area contributed by atoms with Gasteiger partial charge in [0.1, 0.15) is 0 Å². The van der Waals surface area contributed by atoms with Gasteiger partial charge in [-0.05, 0) is 38.1 Å². The molecule has 1 aliphatic rings. The van der Waals surface area contributed by atoms with E-state index in [1.54, 1.807) is 0 Å². The van der Waals surface area contributed by atoms with Crippen LogP contribution in [0.2, 0.25) is 0 Å². The zero-order valence-corrected chi connectivity index (χ0v) is 10.4. The minimum absolute atomic E-state index is 0.395. The van der Waals surface area contributed by atoms with E-state index in [-0.39, 0.29) is 0 Å². The fraction of sp³-hybridized carbons (Fsp3) is 1.00. The first-order valence-electron chi connectivity index (χ1n) is 6.35. The van der Waals surface area contributed by atoms with Crippen LogP contribution in [0.5, 0.6) is 0 Å². The summed E-state index contributed by atoms with van der Waals surface area (Å²) in [4.78, 5) is 0. The van der Waals surface area contributed by atoms with Crippen LogP contribution in [0.25, 0.3) is 0 Å². The van der Waals surface area contributed by atoms with Gasteiger partial charge < -0.3 is 5.32 Å². The second-order valence-corrected chi connectivity index (χ2v) is 5.33. The molecule has 0 saturated carbocycles. The molecule has 3 atom stereocenters. The minimum Gasteiger partial charge on any atom is -0.311 e. The van der Waals surface area contributed by atoms with Crippen LogP contribution in [0.15, 0.2) is 0 Å². The maximum atomic E-state index is 3.77. The van der Waals surface area contributed by atoms with Crippen molar-refractivity contribution in [3.05, 3.63) is 0 Å². The molecule has 1 heteroatoms. The van der Waals surface area contributed by atoms with Gasteiger partial charge in [0.05, 0.1) is 0 Å². The van der Waals surface area contributed by atoms with Gasteiger partial charge in [-0.25, -0.2) is 0 Å². The molecule has 0 aliphatic carbocycles. The van der Waals surface area contributed by atoms with E-state index in [1.807, 2.05) is 0 Å². The summed E-state index contributed by atoms with van der Waals surface area (Å²) in [5, 5.41) is 3.77. The van der Waals surface area contributed by atoms with Crippen LogP contribution in [0.1, 0.15) is 59.8 Å². The quantitative estimate of drug-likeness (QED) is 0.729. The number of hydrogen-bond donors (Lipinski definition) is 1. The summed E-state index contributed by atoms with van der Waals surface area (Å²) < 4.78 is 0. The van der Waals surface area contributed by atoms with Crippen molar-refractivity contribution in [2.45, 2.75) is 65.3 Å². The first kappa shape index (κ1) is 12.0. The van der Waals surface area contributed by atoms with E-state index in [0.29, 0.717) is 5.54 Å². The predicted octanol–water partition coefficient (Wildman–Crippen LogP) is 3.59. The molecule has 0 amide bonds. The normalized spacial score (nSPS) is 33.4. The first-order valence-corrected chi connectivity index (χ1v) is 6.35. The highest BCUT2D eigenvalue weighted by molar-refractivity contribution is 4.91. The molecule has 1 N–H and O–H groups in total. The lowest BCUT2D eigenvalue weighted by Crippen LogP contribution is -2.49. The van der Waals surface area contributed by atoms with E-state index in [2.05, 4.69) is 33.0 Å². The third kappa shape index (κ3) is 2.73. The Hall–Kier alpha value is -0.0400. The molecular formula is C13H27N. The molecule has 1 aliphatic heterocycles. The molecule has 0 aromatic carbocycles. The van der Waals surface area contributed by atoms with Crippen LogP contribution in [0.4, 0.5) is 0 Å². The van der Waals surface area contributed by atoms with Crippen molar-refractivity contribution in [1.29, 1.82) is 0 Å². The molecule has 0 bridgehead atoms. The Morgan fingerprint density at radius 3 is 2.57 bits per heavy atom. The molecule has 1 nitrogen and oxygen atoms in total. The van der Waals surface area contributed by atoms with Crippen molar-refractivity contribution in [2.75, 3.05) is 6.54 Å². The van der Waals surface area contributed by atoms with Gasteiger partial charge in [-0.3, -0.25) is 0 Å². The summed E-state index contributed by atoms with van der Waals surface area (Å²) in [6.45, 7) is 10.8. The van der Waals surface area contributed by atoms with Crippen molar-refractivity contribution >= 4 is 0 Å². The average Bonchev–Trinajstić information content (AvgIpc) is 2.41. The van der Waals surface area contributed by atoms with Gasteiger partial charge in [-0.1, -0.05) is 40.0 Å². The number of hydrogen-bond acceptors (Lipinski definition) is 1. The van der Waals surface area contributed by atoms with E-state index in [0.717, 1.165) is 11.8 Å². The van der Waals surface area contributed by atoms with Crippen molar-refractivity contribution < 1.29 is 0 Å². The molecule has 0 spiro atoms. The van der Waals surface area contributed by atoms with Crippen molar-refractivity contribution in [2.24, 2.45) is 11.8 Å². The Balaban J connectivity index is 2.60. The van der Waals surface area contributed by atoms with E-state index in [9.17, 15) is 0 Å². The Morgan fingerprint density at radius 1 is 1.21 bits per heavy atom. The molecule has 1 saturated heterocycles. The lowest BCUT2D eigenvalue weighted by atomic mass is 9.75. The van der Waals surface area contributed by atoms with E-state index >= 15 is 0 Å². The van der Waals surface area contributed by atoms with Gasteiger partial charge in [0.2, 0.25) is 0 Å². The second-order valence-electron chi connectivity index (χ2n) is 5.33. The van der Waals surface area contributed by atoms with Gasteiger partial charge in [0.15, 0.2) is 0 Å². The third-order valence-corrected chi connectivity index (χ3v) is 4.40. The molecule has 1 heterocycles. The van der Waals surface area contributed by atoms with Crippen LogP contribution >= 0.6 is 0 Å². The van der Waals surface area contributed by atoms with Gasteiger partial charge in [0.25, 0.3) is 0 Å². The molecule has 0 radical (unpaired) electrons. The van der Waals surface area contributed by atoms with Gasteiger partial charge in [-0.15, -0.1) is 0 Å². The standard InChI is InChI=1S/C13H27N/c1-5-11(2)12(3)13(4)9-7-6-8-10-14-13/h11-12,14H,5-10H2,1-4H3. The predicted molar refractivity (Wildman–Crippen MR) is 63.5 cm³/mol. The molecule has 84 valence electrons. The fourth-order valence-electron chi connectivity index (χ4n) is 2.63. The Labute approximate surface area is 89.7 Å². The highest BCUT2D eigenvalue weighted by atomic mass is 15.0. The van der Waals surface area contributed by atoms with Crippen molar-refractivity contribution in [1.82, 2.24) is 5.32 Å². The van der Waals surface area contributed by atoms with Crippen LogP contribution < -0.4 is 5.32 Å². The van der Waals surface area contributed by atoms with E-state index in [4.69, 9.17) is 0 Å². The minimum atomic E-state index is 0.395. The van der Waals surface area contributed by atoms with Crippen LogP contribution in [-0.4, -0.2) is 12.1 Å². The van der Waals surface area contributed by atoms with E-state index in [1.165, 1.54) is 38.6 Å². The van der Waals surface area contributed by atoms with Crippen LogP contribution in [-0.2, 0) is 0 Å². The second kappa shape index (κ2) is 5.16. The Bertz CT molecular complexity index is 157. The van der Waals surface area contributed by atoms with Gasteiger partial charge >= 0.3 is 0 Å². The van der Waals surface area contributed by atoms with Crippen LogP contribution in [0.3, 0.4) is 0 Å². The SMILES string of the molecule is CCC(C)C(C)C1(C)CCCCCN1. The maximum absolute atomic E-state index is 3.77. The lowest BCUT2D eigenvalue weighted by molar-refractivity contribution is 0.176. The monoisotopic (exact) mass is 197 g/mol. The first-order chi connectivity index (χ1) is 6.60. The Morgan fingerprint density at radius 2 is 1.93 bits per heavy atom. The summed E-state index contributed by atoms with van der Waals surface area (Å²) in [7, 11) is 0. The number of rotatable bonds is 3. The molecule has 0 aromatic heterocycles. The summed E-state index contributed by atoms with van der Waals surface area (Å²) >= 11 is 0. The molecular weight excluding hydrogens is 170 g/mol. The summed E-state index contributed by atoms with van der Waals surface area (Å²) in [5.41, 5.74) is 0.395. The zero-order valence-electron chi connectivity index (χ0n) is 10.4. The van der Waals surface area contributed by atoms with E-state index < -0.39 is 0 Å². The largest absolute Gasteiger partial charge is 0.311 e. The molecule has 1 fully saturated rings. The van der Waals surface area contributed by atoms with Gasteiger partial charge in [-0.2, -0.15) is 0 Å². The smallest absolute Gasteiger partial charge is 0.0181 e. The third-order valence-electron chi connectivity index (χ3n) is 4.40. The molecule has 3 unspecified atom stereocenters. The van der Waals surface area contributed by atoms with Crippen LogP contribution in [0, 0.1) is 11.8 Å². The van der Waals surface area contributed by atoms with Gasteiger partial charge in [0, 0.05) is 5.54 Å². The number of nitrogens with one attached hydrogen (secondary N) is 1. The van der Waals surface area contributed by atoms with Crippen molar-refractivity contribution in [3.8, 4) is 0 Å². The average molecular weight is 197 g/mol. The molecule has 0 aromatic rings. The highest BCUT2D eigenvalue weighted by Crippen LogP contribution is 2.32. The highest BCUT2D eigenvalue weighted by Gasteiger charge is 2.33. The van der Waals surface area contributed by atoms with Crippen molar-refractivity contribution in [3.63, 3.8) is 0 Å². The topological polar surface area (TPSA) is 12.0 Å². The Kier molecular flexibility index (Phi) is 4.43. The summed E-state index contributed by atoms with van der Waals surface area (Å²) in [6.07, 6.45) is 6.85. The summed E-state index contributed by atoms with van der Waals surface area (Å²) in [6, 6.07) is 0. The molecule has 14 heavy (non-hydrogen) atoms. The molecule has 1 rings (SSSR count). The maximum Gasteiger partial charge on any atom is 0.0181 e. The summed E-state index contributed by atoms with van der Waals surface area (Å²) in [5.74, 6) is 1.64. The zero-order chi connectivity index (χ0) is 10.6. The fourth-order valence-corrected chi connectivity index (χ4v) is 2.63. The lowest BCUT2D eigenvalue weighted by Gasteiger charge is -2.39.